The molecule has 1 heterocycles. The van der Waals surface area contributed by atoms with Gasteiger partial charge in [-0.25, -0.2) is 9.97 Å². The average Bonchev–Trinajstić information content (AvgIpc) is 1.77. The Kier molecular flexibility index (Phi) is 1.30. The van der Waals surface area contributed by atoms with Gasteiger partial charge in [0.25, 0.3) is 0 Å². The van der Waals surface area contributed by atoms with Gasteiger partial charge in [-0.3, -0.25) is 5.11 Å². The van der Waals surface area contributed by atoms with Crippen molar-refractivity contribution in [3.8, 4) is 5.75 Å². The molecule has 1 radical (unpaired) electrons. The second-order valence-corrected chi connectivity index (χ2v) is 1.53. The topological polar surface area (TPSA) is 45.7 Å². The van der Waals surface area contributed by atoms with Crippen molar-refractivity contribution in [1.82, 2.24) is 9.97 Å². The molecule has 0 spiro atoms. The fourth-order valence-corrected chi connectivity index (χ4v) is 0.398. The van der Waals surface area contributed by atoms with Crippen LogP contribution in [-0.4, -0.2) is 9.97 Å². The number of hydrogen-bond acceptors (Lipinski definition) is 2. The van der Waals surface area contributed by atoms with Crippen LogP contribution in [0.5, 0.6) is 5.75 Å². The van der Waals surface area contributed by atoms with E-state index in [1.807, 2.05) is 0 Å². The maximum absolute atomic E-state index is 10.2. The van der Waals surface area contributed by atoms with Gasteiger partial charge in [0.1, 0.15) is 0 Å². The third kappa shape index (κ3) is 1.07. The van der Waals surface area contributed by atoms with E-state index in [4.69, 9.17) is 11.6 Å². The molecule has 0 saturated heterocycles. The Morgan fingerprint density at radius 2 is 1.88 bits per heavy atom. The molecule has 0 N–H and O–H groups in total. The molecular weight excluding hydrogens is 128 g/mol. The van der Waals surface area contributed by atoms with Crippen molar-refractivity contribution in [2.75, 3.05) is 0 Å². The van der Waals surface area contributed by atoms with E-state index in [1.54, 1.807) is 0 Å². The smallest absolute Gasteiger partial charge is 0.222 e. The summed E-state index contributed by atoms with van der Waals surface area (Å²) in [5.74, 6) is -0.227. The average molecular weight is 130 g/mol. The molecule has 1 rings (SSSR count). The highest BCUT2D eigenvalue weighted by atomic mass is 35.5. The van der Waals surface area contributed by atoms with E-state index < -0.39 is 0 Å². The summed E-state index contributed by atoms with van der Waals surface area (Å²) in [4.78, 5) is 6.84. The first-order chi connectivity index (χ1) is 3.79. The van der Waals surface area contributed by atoms with E-state index in [1.165, 1.54) is 0 Å². The Labute approximate surface area is 51.0 Å². The van der Waals surface area contributed by atoms with Crippen LogP contribution >= 0.6 is 11.6 Å². The summed E-state index contributed by atoms with van der Waals surface area (Å²) in [5.41, 5.74) is 0. The second kappa shape index (κ2) is 1.96. The Bertz CT molecular complexity index is 153. The van der Waals surface area contributed by atoms with E-state index in [9.17, 15) is 5.11 Å². The van der Waals surface area contributed by atoms with Crippen LogP contribution in [-0.2, 0) is 5.11 Å². The zero-order chi connectivity index (χ0) is 5.98. The molecule has 4 heteroatoms. The molecule has 1 aromatic heterocycles. The van der Waals surface area contributed by atoms with Crippen LogP contribution < -0.4 is 0 Å². The minimum atomic E-state index is -0.227. The second-order valence-electron chi connectivity index (χ2n) is 1.19. The maximum Gasteiger partial charge on any atom is 0.222 e. The number of halogens is 1. The molecule has 0 aliphatic rings. The fourth-order valence-electron chi connectivity index (χ4n) is 0.300. The van der Waals surface area contributed by atoms with Gasteiger partial charge >= 0.3 is 0 Å². The number of rotatable bonds is 0. The lowest BCUT2D eigenvalue weighted by atomic mass is 10.6. The summed E-state index contributed by atoms with van der Waals surface area (Å²) < 4.78 is 0. The SMILES string of the molecule is [O]c1cnc(Cl)nc1. The van der Waals surface area contributed by atoms with Crippen LogP contribution in [0.2, 0.25) is 5.28 Å². The van der Waals surface area contributed by atoms with Gasteiger partial charge < -0.3 is 0 Å². The minimum absolute atomic E-state index is 0.101. The molecule has 0 saturated carbocycles. The maximum atomic E-state index is 10.2. The summed E-state index contributed by atoms with van der Waals surface area (Å²) in [6.45, 7) is 0. The summed E-state index contributed by atoms with van der Waals surface area (Å²) in [6, 6.07) is 0. The zero-order valence-corrected chi connectivity index (χ0v) is 4.59. The van der Waals surface area contributed by atoms with E-state index in [-0.39, 0.29) is 11.0 Å². The molecule has 1 aromatic rings. The molecule has 0 aromatic carbocycles. The molecule has 0 aliphatic heterocycles. The van der Waals surface area contributed by atoms with Crippen LogP contribution in [0.15, 0.2) is 12.4 Å². The summed E-state index contributed by atoms with van der Waals surface area (Å²) in [5, 5.41) is 10.3. The highest BCUT2D eigenvalue weighted by Gasteiger charge is 1.89. The monoisotopic (exact) mass is 129 g/mol. The highest BCUT2D eigenvalue weighted by Crippen LogP contribution is 2.05. The summed E-state index contributed by atoms with van der Waals surface area (Å²) in [7, 11) is 0. The molecular formula is C4H2ClN2O. The van der Waals surface area contributed by atoms with Gasteiger partial charge in [0, 0.05) is 0 Å². The Balaban J connectivity index is 3.03. The Morgan fingerprint density at radius 1 is 1.38 bits per heavy atom. The van der Waals surface area contributed by atoms with Crippen molar-refractivity contribution in [3.63, 3.8) is 0 Å². The van der Waals surface area contributed by atoms with E-state index in [0.717, 1.165) is 12.4 Å². The first kappa shape index (κ1) is 5.31. The summed E-state index contributed by atoms with van der Waals surface area (Å²) in [6.07, 6.45) is 2.24. The lowest BCUT2D eigenvalue weighted by Gasteiger charge is -1.82. The van der Waals surface area contributed by atoms with Gasteiger partial charge in [-0.15, -0.1) is 0 Å². The van der Waals surface area contributed by atoms with Gasteiger partial charge in [-0.05, 0) is 11.6 Å². The van der Waals surface area contributed by atoms with Crippen LogP contribution in [0.1, 0.15) is 0 Å². The van der Waals surface area contributed by atoms with Gasteiger partial charge in [0.2, 0.25) is 11.0 Å². The van der Waals surface area contributed by atoms with Crippen molar-refractivity contribution in [1.29, 1.82) is 0 Å². The van der Waals surface area contributed by atoms with Crippen LogP contribution in [0.3, 0.4) is 0 Å². The number of nitrogens with zero attached hydrogens (tertiary/aromatic N) is 2. The molecule has 0 amide bonds. The van der Waals surface area contributed by atoms with Crippen LogP contribution in [0.4, 0.5) is 0 Å². The highest BCUT2D eigenvalue weighted by molar-refractivity contribution is 6.28. The van der Waals surface area contributed by atoms with Crippen molar-refractivity contribution < 1.29 is 5.11 Å². The fraction of sp³-hybridized carbons (Fsp3) is 0. The molecule has 0 atom stereocenters. The van der Waals surface area contributed by atoms with E-state index in [0.29, 0.717) is 0 Å². The molecule has 0 bridgehead atoms. The predicted molar refractivity (Wildman–Crippen MR) is 27.2 cm³/mol. The van der Waals surface area contributed by atoms with Crippen molar-refractivity contribution in [2.24, 2.45) is 0 Å². The Morgan fingerprint density at radius 3 is 2.25 bits per heavy atom. The first-order valence-corrected chi connectivity index (χ1v) is 2.31. The quantitative estimate of drug-likeness (QED) is 0.496. The van der Waals surface area contributed by atoms with E-state index >= 15 is 0 Å². The van der Waals surface area contributed by atoms with Gasteiger partial charge in [0.15, 0.2) is 0 Å². The number of hydrogen-bond donors (Lipinski definition) is 0. The van der Waals surface area contributed by atoms with Crippen molar-refractivity contribution in [3.05, 3.63) is 17.7 Å². The number of aromatic nitrogens is 2. The standard InChI is InChI=1S/C4H2ClN2O/c5-4-6-1-3(8)2-7-4/h1-2H. The van der Waals surface area contributed by atoms with Crippen molar-refractivity contribution in [2.45, 2.75) is 0 Å². The van der Waals surface area contributed by atoms with E-state index in [2.05, 4.69) is 9.97 Å². The third-order valence-electron chi connectivity index (χ3n) is 0.597. The first-order valence-electron chi connectivity index (χ1n) is 1.93. The molecule has 3 nitrogen and oxygen atoms in total. The van der Waals surface area contributed by atoms with Gasteiger partial charge in [0.05, 0.1) is 12.4 Å². The zero-order valence-electron chi connectivity index (χ0n) is 3.84. The largest absolute Gasteiger partial charge is 0.286 e. The molecule has 0 fully saturated rings. The molecule has 8 heavy (non-hydrogen) atoms. The lowest BCUT2D eigenvalue weighted by Crippen LogP contribution is -1.75. The normalized spacial score (nSPS) is 9.12. The predicted octanol–water partition coefficient (Wildman–Crippen LogP) is 1.27. The van der Waals surface area contributed by atoms with Gasteiger partial charge in [-0.1, -0.05) is 0 Å². The summed E-state index contributed by atoms with van der Waals surface area (Å²) >= 11 is 5.25. The molecule has 41 valence electrons. The van der Waals surface area contributed by atoms with Crippen LogP contribution in [0.25, 0.3) is 0 Å². The molecule has 0 unspecified atom stereocenters. The lowest BCUT2D eigenvalue weighted by molar-refractivity contribution is 0.351. The van der Waals surface area contributed by atoms with Crippen molar-refractivity contribution >= 4 is 11.6 Å². The van der Waals surface area contributed by atoms with Gasteiger partial charge in [-0.2, -0.15) is 0 Å². The minimum Gasteiger partial charge on any atom is -0.286 e. The molecule has 0 aliphatic carbocycles. The van der Waals surface area contributed by atoms with Crippen LogP contribution in [0, 0.1) is 0 Å². The Hall–Kier alpha value is -0.830. The third-order valence-corrected chi connectivity index (χ3v) is 0.792.